The molecule has 0 aromatic heterocycles. The van der Waals surface area contributed by atoms with Gasteiger partial charge < -0.3 is 0 Å². The van der Waals surface area contributed by atoms with Gasteiger partial charge in [0, 0.05) is 0 Å². The van der Waals surface area contributed by atoms with E-state index in [0.29, 0.717) is 5.92 Å². The fraction of sp³-hybridized carbons (Fsp3) is 0.217. The third-order valence-electron chi connectivity index (χ3n) is 3.90. The molecular weight excluding hydrogens is 276 g/mol. The molecule has 3 rings (SSSR count). The van der Waals surface area contributed by atoms with E-state index in [1.165, 1.54) is 27.8 Å². The van der Waals surface area contributed by atoms with E-state index in [2.05, 4.69) is 86.6 Å². The van der Waals surface area contributed by atoms with Crippen LogP contribution in [0, 0.1) is 0 Å². The molecule has 0 aliphatic carbocycles. The van der Waals surface area contributed by atoms with Crippen LogP contribution in [0.3, 0.4) is 0 Å². The lowest BCUT2D eigenvalue weighted by Gasteiger charge is -2.08. The summed E-state index contributed by atoms with van der Waals surface area (Å²) in [6.07, 6.45) is 0. The normalized spacial score (nSPS) is 10.1. The van der Waals surface area contributed by atoms with E-state index >= 15 is 0 Å². The van der Waals surface area contributed by atoms with E-state index in [9.17, 15) is 0 Å². The zero-order valence-corrected chi connectivity index (χ0v) is 14.6. The Morgan fingerprint density at radius 2 is 0.826 bits per heavy atom. The quantitative estimate of drug-likeness (QED) is 0.481. The third kappa shape index (κ3) is 4.32. The summed E-state index contributed by atoms with van der Waals surface area (Å²) in [5.74, 6) is 0.583. The summed E-state index contributed by atoms with van der Waals surface area (Å²) in [6, 6.07) is 28.2. The molecule has 0 unspecified atom stereocenters. The van der Waals surface area contributed by atoms with E-state index in [-0.39, 0.29) is 0 Å². The van der Waals surface area contributed by atoms with Gasteiger partial charge in [-0.2, -0.15) is 0 Å². The van der Waals surface area contributed by atoms with Crippen molar-refractivity contribution >= 4 is 0 Å². The van der Waals surface area contributed by atoms with Crippen LogP contribution in [0.15, 0.2) is 78.9 Å². The second-order valence-electron chi connectivity index (χ2n) is 5.72. The minimum absolute atomic E-state index is 0.583. The first-order valence-electron chi connectivity index (χ1n) is 8.50. The maximum absolute atomic E-state index is 2.23. The number of rotatable bonds is 3. The molecule has 0 saturated carbocycles. The van der Waals surface area contributed by atoms with E-state index < -0.39 is 0 Å². The Labute approximate surface area is 140 Å². The number of hydrogen-bond donors (Lipinski definition) is 0. The molecule has 3 aromatic rings. The number of hydrogen-bond acceptors (Lipinski definition) is 0. The Balaban J connectivity index is 0.000000924. The Hall–Kier alpha value is -2.34. The molecule has 0 atom stereocenters. The van der Waals surface area contributed by atoms with Crippen LogP contribution in [0.4, 0.5) is 0 Å². The lowest BCUT2D eigenvalue weighted by molar-refractivity contribution is 0.867. The van der Waals surface area contributed by atoms with Gasteiger partial charge in [0.1, 0.15) is 0 Å². The van der Waals surface area contributed by atoms with E-state index in [1.54, 1.807) is 0 Å². The lowest BCUT2D eigenvalue weighted by Crippen LogP contribution is -1.86. The molecule has 0 fully saturated rings. The van der Waals surface area contributed by atoms with Crippen molar-refractivity contribution in [1.82, 2.24) is 0 Å². The largest absolute Gasteiger partial charge is 0.0683 e. The van der Waals surface area contributed by atoms with Crippen molar-refractivity contribution in [2.75, 3.05) is 0 Å². The third-order valence-corrected chi connectivity index (χ3v) is 3.90. The molecular formula is C23H26. The monoisotopic (exact) mass is 302 g/mol. The molecule has 0 aliphatic heterocycles. The van der Waals surface area contributed by atoms with Gasteiger partial charge >= 0.3 is 0 Å². The SMILES string of the molecule is CC.CC(C)c1ccc(-c2ccc(-c3ccccc3)cc2)cc1. The molecule has 0 N–H and O–H groups in total. The zero-order valence-electron chi connectivity index (χ0n) is 14.6. The van der Waals surface area contributed by atoms with Gasteiger partial charge in [-0.3, -0.25) is 0 Å². The van der Waals surface area contributed by atoms with Crippen molar-refractivity contribution in [2.45, 2.75) is 33.6 Å². The fourth-order valence-corrected chi connectivity index (χ4v) is 2.55. The van der Waals surface area contributed by atoms with Crippen molar-refractivity contribution < 1.29 is 0 Å². The van der Waals surface area contributed by atoms with Gasteiger partial charge in [0.05, 0.1) is 0 Å². The lowest BCUT2D eigenvalue weighted by atomic mass is 9.97. The van der Waals surface area contributed by atoms with Crippen LogP contribution in [0.1, 0.15) is 39.2 Å². The molecule has 0 bridgehead atoms. The van der Waals surface area contributed by atoms with Crippen molar-refractivity contribution in [1.29, 1.82) is 0 Å². The highest BCUT2D eigenvalue weighted by atomic mass is 14.1. The first kappa shape index (κ1) is 17.0. The van der Waals surface area contributed by atoms with Crippen molar-refractivity contribution in [3.63, 3.8) is 0 Å². The Morgan fingerprint density at radius 3 is 1.22 bits per heavy atom. The number of benzene rings is 3. The highest BCUT2D eigenvalue weighted by Crippen LogP contribution is 2.26. The summed E-state index contributed by atoms with van der Waals surface area (Å²) < 4.78 is 0. The molecule has 0 saturated heterocycles. The molecule has 3 aromatic carbocycles. The molecule has 118 valence electrons. The molecule has 0 radical (unpaired) electrons. The molecule has 23 heavy (non-hydrogen) atoms. The summed E-state index contributed by atoms with van der Waals surface area (Å²) >= 11 is 0. The van der Waals surface area contributed by atoms with Crippen molar-refractivity contribution in [3.8, 4) is 22.3 Å². The van der Waals surface area contributed by atoms with Gasteiger partial charge in [0.15, 0.2) is 0 Å². The second kappa shape index (κ2) is 8.33. The van der Waals surface area contributed by atoms with Crippen LogP contribution in [0.2, 0.25) is 0 Å². The molecule has 0 heteroatoms. The topological polar surface area (TPSA) is 0 Å². The molecule has 0 amide bonds. The zero-order chi connectivity index (χ0) is 16.7. The maximum Gasteiger partial charge on any atom is -0.0184 e. The second-order valence-corrected chi connectivity index (χ2v) is 5.72. The van der Waals surface area contributed by atoms with Crippen molar-refractivity contribution in [3.05, 3.63) is 84.4 Å². The summed E-state index contributed by atoms with van der Waals surface area (Å²) in [5, 5.41) is 0. The molecule has 0 nitrogen and oxygen atoms in total. The summed E-state index contributed by atoms with van der Waals surface area (Å²) in [5.41, 5.74) is 6.46. The smallest absolute Gasteiger partial charge is 0.0184 e. The van der Waals surface area contributed by atoms with Gasteiger partial charge in [-0.25, -0.2) is 0 Å². The summed E-state index contributed by atoms with van der Waals surface area (Å²) in [6.45, 7) is 8.45. The predicted molar refractivity (Wildman–Crippen MR) is 103 cm³/mol. The van der Waals surface area contributed by atoms with Gasteiger partial charge in [-0.05, 0) is 33.7 Å². The van der Waals surface area contributed by atoms with Crippen LogP contribution in [-0.4, -0.2) is 0 Å². The van der Waals surface area contributed by atoms with Gasteiger partial charge in [-0.1, -0.05) is 107 Å². The first-order valence-corrected chi connectivity index (χ1v) is 8.50. The van der Waals surface area contributed by atoms with E-state index in [4.69, 9.17) is 0 Å². The molecule has 0 heterocycles. The van der Waals surface area contributed by atoms with Crippen LogP contribution in [0.5, 0.6) is 0 Å². The standard InChI is InChI=1S/C21H20.C2H6/c1-16(2)17-8-10-20(11-9-17)21-14-12-19(13-15-21)18-6-4-3-5-7-18;1-2/h3-16H,1-2H3;1-2H3. The summed E-state index contributed by atoms with van der Waals surface area (Å²) in [4.78, 5) is 0. The van der Waals surface area contributed by atoms with Crippen LogP contribution >= 0.6 is 0 Å². The highest BCUT2D eigenvalue weighted by molar-refractivity contribution is 5.70. The predicted octanol–water partition coefficient (Wildman–Crippen LogP) is 7.17. The average Bonchev–Trinajstić information content (AvgIpc) is 2.64. The van der Waals surface area contributed by atoms with Crippen LogP contribution < -0.4 is 0 Å². The molecule has 0 spiro atoms. The Morgan fingerprint density at radius 1 is 0.478 bits per heavy atom. The molecule has 0 aliphatic rings. The van der Waals surface area contributed by atoms with Crippen molar-refractivity contribution in [2.24, 2.45) is 0 Å². The minimum Gasteiger partial charge on any atom is -0.0683 e. The van der Waals surface area contributed by atoms with Gasteiger partial charge in [0.2, 0.25) is 0 Å². The van der Waals surface area contributed by atoms with E-state index in [1.807, 2.05) is 19.9 Å². The van der Waals surface area contributed by atoms with E-state index in [0.717, 1.165) is 0 Å². The van der Waals surface area contributed by atoms with Gasteiger partial charge in [-0.15, -0.1) is 0 Å². The first-order chi connectivity index (χ1) is 11.2. The van der Waals surface area contributed by atoms with Crippen LogP contribution in [-0.2, 0) is 0 Å². The summed E-state index contributed by atoms with van der Waals surface area (Å²) in [7, 11) is 0. The fourth-order valence-electron chi connectivity index (χ4n) is 2.55. The highest BCUT2D eigenvalue weighted by Gasteiger charge is 2.02. The van der Waals surface area contributed by atoms with Crippen LogP contribution in [0.25, 0.3) is 22.3 Å². The Kier molecular flexibility index (Phi) is 6.17. The van der Waals surface area contributed by atoms with Gasteiger partial charge in [0.25, 0.3) is 0 Å². The minimum atomic E-state index is 0.583. The Bertz CT molecular complexity index is 689. The maximum atomic E-state index is 2.23. The average molecular weight is 302 g/mol.